The van der Waals surface area contributed by atoms with Crippen LogP contribution >= 0.6 is 0 Å². The summed E-state index contributed by atoms with van der Waals surface area (Å²) in [5.41, 5.74) is -0.375. The van der Waals surface area contributed by atoms with Crippen molar-refractivity contribution < 1.29 is 14.7 Å². The highest BCUT2D eigenvalue weighted by Gasteiger charge is 2.39. The highest BCUT2D eigenvalue weighted by molar-refractivity contribution is 5.84. The molecule has 3 unspecified atom stereocenters. The third kappa shape index (κ3) is 2.66. The van der Waals surface area contributed by atoms with Gasteiger partial charge < -0.3 is 15.7 Å². The number of amides is 1. The van der Waals surface area contributed by atoms with Gasteiger partial charge in [-0.15, -0.1) is 0 Å². The number of carbonyl (C=O) groups excluding carboxylic acids is 1. The first-order valence-electron chi connectivity index (χ1n) is 6.77. The van der Waals surface area contributed by atoms with Crippen LogP contribution in [0.15, 0.2) is 0 Å². The summed E-state index contributed by atoms with van der Waals surface area (Å²) >= 11 is 0. The van der Waals surface area contributed by atoms with E-state index >= 15 is 0 Å². The number of carboxylic acids is 1. The minimum atomic E-state index is -0.783. The largest absolute Gasteiger partial charge is 0.481 e. The zero-order valence-electron chi connectivity index (χ0n) is 10.9. The normalized spacial score (nSPS) is 36.3. The molecular formula is C13H22N2O3. The van der Waals surface area contributed by atoms with Gasteiger partial charge in [-0.25, -0.2) is 0 Å². The van der Waals surface area contributed by atoms with Gasteiger partial charge >= 0.3 is 5.97 Å². The maximum atomic E-state index is 12.3. The van der Waals surface area contributed by atoms with Gasteiger partial charge in [-0.1, -0.05) is 12.8 Å². The molecule has 1 heterocycles. The van der Waals surface area contributed by atoms with E-state index in [1.807, 2.05) is 6.92 Å². The molecule has 2 fully saturated rings. The second-order valence-corrected chi connectivity index (χ2v) is 5.80. The van der Waals surface area contributed by atoms with E-state index < -0.39 is 11.9 Å². The number of carbonyl (C=O) groups is 2. The fraction of sp³-hybridized carbons (Fsp3) is 0.846. The number of nitrogens with one attached hydrogen (secondary N) is 2. The molecule has 5 nitrogen and oxygen atoms in total. The molecule has 0 radical (unpaired) electrons. The zero-order chi connectivity index (χ0) is 13.2. The molecule has 0 aromatic carbocycles. The van der Waals surface area contributed by atoms with Crippen molar-refractivity contribution in [2.45, 2.75) is 45.1 Å². The number of rotatable bonds is 3. The van der Waals surface area contributed by atoms with Crippen LogP contribution < -0.4 is 10.6 Å². The second-order valence-electron chi connectivity index (χ2n) is 5.80. The highest BCUT2D eigenvalue weighted by Crippen LogP contribution is 2.28. The number of hydrogen-bond donors (Lipinski definition) is 3. The molecule has 0 aromatic heterocycles. The van der Waals surface area contributed by atoms with Crippen LogP contribution in [0.25, 0.3) is 0 Å². The van der Waals surface area contributed by atoms with E-state index in [1.54, 1.807) is 0 Å². The van der Waals surface area contributed by atoms with E-state index in [-0.39, 0.29) is 17.4 Å². The summed E-state index contributed by atoms with van der Waals surface area (Å²) in [7, 11) is 0. The van der Waals surface area contributed by atoms with E-state index in [0.717, 1.165) is 32.2 Å². The Morgan fingerprint density at radius 1 is 1.33 bits per heavy atom. The molecule has 5 heteroatoms. The van der Waals surface area contributed by atoms with E-state index in [1.165, 1.54) is 0 Å². The molecule has 3 atom stereocenters. The topological polar surface area (TPSA) is 78.4 Å². The molecule has 3 N–H and O–H groups in total. The van der Waals surface area contributed by atoms with Gasteiger partial charge in [-0.05, 0) is 32.7 Å². The molecule has 1 aliphatic heterocycles. The molecule has 2 aliphatic rings. The van der Waals surface area contributed by atoms with Crippen molar-refractivity contribution >= 4 is 11.9 Å². The molecule has 1 amide bonds. The van der Waals surface area contributed by atoms with Crippen LogP contribution in [0.1, 0.15) is 39.0 Å². The van der Waals surface area contributed by atoms with Crippen LogP contribution in [-0.2, 0) is 9.59 Å². The van der Waals surface area contributed by atoms with E-state index in [2.05, 4.69) is 10.6 Å². The molecule has 18 heavy (non-hydrogen) atoms. The summed E-state index contributed by atoms with van der Waals surface area (Å²) in [4.78, 5) is 23.4. The molecule has 0 bridgehead atoms. The van der Waals surface area contributed by atoms with Crippen LogP contribution in [-0.4, -0.2) is 36.1 Å². The Morgan fingerprint density at radius 2 is 2.06 bits per heavy atom. The molecule has 1 aliphatic carbocycles. The third-order valence-electron chi connectivity index (χ3n) is 4.32. The minimum absolute atomic E-state index is 0.00523. The summed E-state index contributed by atoms with van der Waals surface area (Å²) in [5, 5.41) is 15.3. The van der Waals surface area contributed by atoms with Crippen LogP contribution in [0.3, 0.4) is 0 Å². The quantitative estimate of drug-likeness (QED) is 0.694. The lowest BCUT2D eigenvalue weighted by atomic mass is 9.82. The van der Waals surface area contributed by atoms with Gasteiger partial charge in [0.1, 0.15) is 0 Å². The smallest absolute Gasteiger partial charge is 0.308 e. The number of aliphatic carboxylic acids is 1. The molecule has 1 saturated carbocycles. The van der Waals surface area contributed by atoms with Gasteiger partial charge in [0.05, 0.1) is 11.3 Å². The number of hydrogen-bond acceptors (Lipinski definition) is 3. The molecular weight excluding hydrogens is 232 g/mol. The lowest BCUT2D eigenvalue weighted by molar-refractivity contribution is -0.144. The highest BCUT2D eigenvalue weighted by atomic mass is 16.4. The van der Waals surface area contributed by atoms with Crippen molar-refractivity contribution in [3.05, 3.63) is 0 Å². The van der Waals surface area contributed by atoms with Crippen molar-refractivity contribution in [3.8, 4) is 0 Å². The summed E-state index contributed by atoms with van der Waals surface area (Å²) in [6.07, 6.45) is 4.23. The van der Waals surface area contributed by atoms with Gasteiger partial charge in [0.25, 0.3) is 0 Å². The van der Waals surface area contributed by atoms with Gasteiger partial charge in [-0.2, -0.15) is 0 Å². The fourth-order valence-corrected chi connectivity index (χ4v) is 2.95. The van der Waals surface area contributed by atoms with E-state index in [4.69, 9.17) is 0 Å². The Hall–Kier alpha value is -1.10. The Morgan fingerprint density at radius 3 is 2.67 bits per heavy atom. The van der Waals surface area contributed by atoms with Crippen LogP contribution in [0.5, 0.6) is 0 Å². The predicted octanol–water partition coefficient (Wildman–Crippen LogP) is 0.746. The average molecular weight is 254 g/mol. The van der Waals surface area contributed by atoms with Gasteiger partial charge in [0.15, 0.2) is 0 Å². The Kier molecular flexibility index (Phi) is 3.90. The second kappa shape index (κ2) is 5.26. The standard InChI is InChI=1S/C13H22N2O3/c1-13(6-7-14-8-13)12(18)15-10-5-3-2-4-9(10)11(16)17/h9-10,14H,2-8H2,1H3,(H,15,18)(H,16,17). The Balaban J connectivity index is 1.98. The average Bonchev–Trinajstić information content (AvgIpc) is 2.78. The molecule has 102 valence electrons. The van der Waals surface area contributed by atoms with Crippen molar-refractivity contribution in [2.24, 2.45) is 11.3 Å². The fourth-order valence-electron chi connectivity index (χ4n) is 2.95. The van der Waals surface area contributed by atoms with Crippen LogP contribution in [0.4, 0.5) is 0 Å². The monoisotopic (exact) mass is 254 g/mol. The van der Waals surface area contributed by atoms with E-state index in [0.29, 0.717) is 13.0 Å². The maximum Gasteiger partial charge on any atom is 0.308 e. The lowest BCUT2D eigenvalue weighted by Crippen LogP contribution is -2.50. The van der Waals surface area contributed by atoms with E-state index in [9.17, 15) is 14.7 Å². The lowest BCUT2D eigenvalue weighted by Gasteiger charge is -2.32. The maximum absolute atomic E-state index is 12.3. The van der Waals surface area contributed by atoms with Crippen molar-refractivity contribution in [1.82, 2.24) is 10.6 Å². The number of carboxylic acid groups (broad SMARTS) is 1. The Labute approximate surface area is 107 Å². The summed E-state index contributed by atoms with van der Waals surface area (Å²) in [5.74, 6) is -1.19. The van der Waals surface area contributed by atoms with Crippen molar-refractivity contribution in [3.63, 3.8) is 0 Å². The first kappa shape index (κ1) is 13.3. The van der Waals surface area contributed by atoms with Crippen molar-refractivity contribution in [1.29, 1.82) is 0 Å². The summed E-state index contributed by atoms with van der Waals surface area (Å²) in [6, 6.07) is -0.193. The zero-order valence-corrected chi connectivity index (χ0v) is 10.9. The van der Waals surface area contributed by atoms with Crippen LogP contribution in [0.2, 0.25) is 0 Å². The summed E-state index contributed by atoms with van der Waals surface area (Å²) in [6.45, 7) is 3.49. The summed E-state index contributed by atoms with van der Waals surface area (Å²) < 4.78 is 0. The predicted molar refractivity (Wildman–Crippen MR) is 67.1 cm³/mol. The van der Waals surface area contributed by atoms with Crippen molar-refractivity contribution in [2.75, 3.05) is 13.1 Å². The molecule has 2 rings (SSSR count). The molecule has 0 spiro atoms. The first-order chi connectivity index (χ1) is 8.53. The molecule has 0 aromatic rings. The Bertz CT molecular complexity index is 337. The first-order valence-corrected chi connectivity index (χ1v) is 6.77. The van der Waals surface area contributed by atoms with Gasteiger partial charge in [0, 0.05) is 12.6 Å². The SMILES string of the molecule is CC1(C(=O)NC2CCCCC2C(=O)O)CCNC1. The minimum Gasteiger partial charge on any atom is -0.481 e. The third-order valence-corrected chi connectivity index (χ3v) is 4.32. The molecule has 1 saturated heterocycles. The van der Waals surface area contributed by atoms with Gasteiger partial charge in [-0.3, -0.25) is 9.59 Å². The van der Waals surface area contributed by atoms with Crippen LogP contribution in [0, 0.1) is 11.3 Å². The van der Waals surface area contributed by atoms with Gasteiger partial charge in [0.2, 0.25) is 5.91 Å².